The van der Waals surface area contributed by atoms with E-state index in [9.17, 15) is 4.39 Å². The highest BCUT2D eigenvalue weighted by atomic mass is 79.9. The number of benzene rings is 1. The first-order valence-electron chi connectivity index (χ1n) is 6.43. The first-order chi connectivity index (χ1) is 9.27. The molecule has 0 spiro atoms. The van der Waals surface area contributed by atoms with Gasteiger partial charge in [-0.05, 0) is 23.8 Å². The molecule has 1 aromatic carbocycles. The number of rotatable bonds is 3. The van der Waals surface area contributed by atoms with Gasteiger partial charge in [-0.25, -0.2) is 9.37 Å². The maximum atomic E-state index is 13.3. The van der Waals surface area contributed by atoms with E-state index in [0.29, 0.717) is 6.42 Å². The Balaban J connectivity index is 2.17. The van der Waals surface area contributed by atoms with E-state index < -0.39 is 0 Å². The van der Waals surface area contributed by atoms with E-state index in [0.717, 1.165) is 20.7 Å². The molecule has 1 heterocycles. The molecule has 0 aliphatic carbocycles. The summed E-state index contributed by atoms with van der Waals surface area (Å²) in [7, 11) is 0. The van der Waals surface area contributed by atoms with Crippen molar-refractivity contribution in [3.05, 3.63) is 50.1 Å². The Morgan fingerprint density at radius 3 is 2.70 bits per heavy atom. The second kappa shape index (κ2) is 5.92. The molecule has 1 aromatic heterocycles. The van der Waals surface area contributed by atoms with Gasteiger partial charge in [0.25, 0.3) is 0 Å². The number of nitrogens with zero attached hydrogens (tertiary/aromatic N) is 1. The minimum atomic E-state index is -0.270. The first-order valence-corrected chi connectivity index (χ1v) is 8.10. The fourth-order valence-electron chi connectivity index (χ4n) is 1.85. The van der Waals surface area contributed by atoms with Gasteiger partial charge in [-0.3, -0.25) is 0 Å². The Morgan fingerprint density at radius 1 is 1.40 bits per heavy atom. The van der Waals surface area contributed by atoms with Crippen molar-refractivity contribution in [1.82, 2.24) is 4.98 Å². The number of nitrogens with two attached hydrogens (primary N) is 1. The van der Waals surface area contributed by atoms with Gasteiger partial charge in [0.15, 0.2) is 0 Å². The van der Waals surface area contributed by atoms with Crippen LogP contribution in [0.2, 0.25) is 0 Å². The van der Waals surface area contributed by atoms with Crippen LogP contribution in [0.5, 0.6) is 0 Å². The molecule has 0 amide bonds. The van der Waals surface area contributed by atoms with Crippen LogP contribution in [0.25, 0.3) is 0 Å². The average molecular weight is 357 g/mol. The zero-order valence-electron chi connectivity index (χ0n) is 11.8. The van der Waals surface area contributed by atoms with Crippen LogP contribution in [0, 0.1) is 5.82 Å². The largest absolute Gasteiger partial charge is 0.324 e. The van der Waals surface area contributed by atoms with E-state index in [4.69, 9.17) is 5.73 Å². The zero-order valence-corrected chi connectivity index (χ0v) is 14.2. The summed E-state index contributed by atoms with van der Waals surface area (Å²) < 4.78 is 14.1. The van der Waals surface area contributed by atoms with Crippen LogP contribution in [0.15, 0.2) is 28.1 Å². The van der Waals surface area contributed by atoms with E-state index in [1.165, 1.54) is 12.1 Å². The fraction of sp³-hybridized carbons (Fsp3) is 0.400. The smallest absolute Gasteiger partial charge is 0.123 e. The number of hydrogen-bond acceptors (Lipinski definition) is 3. The molecule has 2 nitrogen and oxygen atoms in total. The maximum Gasteiger partial charge on any atom is 0.123 e. The van der Waals surface area contributed by atoms with Crippen molar-refractivity contribution in [2.75, 3.05) is 0 Å². The highest BCUT2D eigenvalue weighted by Crippen LogP contribution is 2.28. The molecule has 5 heteroatoms. The fourth-order valence-corrected chi connectivity index (χ4v) is 3.47. The molecule has 0 saturated heterocycles. The quantitative estimate of drug-likeness (QED) is 0.873. The molecular weight excluding hydrogens is 339 g/mol. The van der Waals surface area contributed by atoms with Gasteiger partial charge in [0.1, 0.15) is 5.82 Å². The van der Waals surface area contributed by atoms with Gasteiger partial charge in [-0.15, -0.1) is 11.3 Å². The molecule has 0 fully saturated rings. The summed E-state index contributed by atoms with van der Waals surface area (Å²) in [5.74, 6) is -0.270. The lowest BCUT2D eigenvalue weighted by atomic mass is 9.93. The van der Waals surface area contributed by atoms with Gasteiger partial charge >= 0.3 is 0 Å². The number of hydrogen-bond donors (Lipinski definition) is 1. The van der Waals surface area contributed by atoms with Crippen molar-refractivity contribution in [3.63, 3.8) is 0 Å². The summed E-state index contributed by atoms with van der Waals surface area (Å²) in [5, 5.41) is 3.06. The van der Waals surface area contributed by atoms with Crippen molar-refractivity contribution < 1.29 is 4.39 Å². The Labute approximate surface area is 131 Å². The predicted molar refractivity (Wildman–Crippen MR) is 85.5 cm³/mol. The summed E-state index contributed by atoms with van der Waals surface area (Å²) in [5.41, 5.74) is 8.07. The van der Waals surface area contributed by atoms with E-state index in [2.05, 4.69) is 47.1 Å². The Morgan fingerprint density at radius 2 is 2.10 bits per heavy atom. The summed E-state index contributed by atoms with van der Waals surface area (Å²) >= 11 is 5.03. The maximum absolute atomic E-state index is 13.3. The average Bonchev–Trinajstić information content (AvgIpc) is 2.80. The van der Waals surface area contributed by atoms with Crippen LogP contribution < -0.4 is 5.73 Å². The van der Waals surface area contributed by atoms with Crippen LogP contribution in [0.3, 0.4) is 0 Å². The normalized spacial score (nSPS) is 13.5. The molecule has 108 valence electrons. The molecule has 1 atom stereocenters. The summed E-state index contributed by atoms with van der Waals surface area (Å²) in [6.07, 6.45) is 0.614. The lowest BCUT2D eigenvalue weighted by molar-refractivity contribution is 0.568. The van der Waals surface area contributed by atoms with E-state index in [-0.39, 0.29) is 17.3 Å². The molecule has 0 aliphatic heterocycles. The summed E-state index contributed by atoms with van der Waals surface area (Å²) in [6.45, 7) is 6.40. The monoisotopic (exact) mass is 356 g/mol. The van der Waals surface area contributed by atoms with Crippen molar-refractivity contribution in [2.45, 2.75) is 38.6 Å². The van der Waals surface area contributed by atoms with Crippen LogP contribution in [0.1, 0.15) is 43.1 Å². The SMILES string of the molecule is CC(C)(C)c1csc(CC(N)c2cc(F)ccc2Br)n1. The Kier molecular flexibility index (Phi) is 4.62. The molecule has 20 heavy (non-hydrogen) atoms. The molecule has 2 rings (SSSR count). The predicted octanol–water partition coefficient (Wildman–Crippen LogP) is 4.58. The van der Waals surface area contributed by atoms with Gasteiger partial charge in [-0.2, -0.15) is 0 Å². The molecule has 0 saturated carbocycles. The highest BCUT2D eigenvalue weighted by Gasteiger charge is 2.19. The first kappa shape index (κ1) is 15.6. The Bertz CT molecular complexity index is 604. The highest BCUT2D eigenvalue weighted by molar-refractivity contribution is 9.10. The molecule has 2 aromatic rings. The van der Waals surface area contributed by atoms with E-state index in [1.807, 2.05) is 0 Å². The number of halogens is 2. The second-order valence-electron chi connectivity index (χ2n) is 5.85. The van der Waals surface area contributed by atoms with Crippen molar-refractivity contribution in [3.8, 4) is 0 Å². The summed E-state index contributed by atoms with van der Waals surface area (Å²) in [4.78, 5) is 4.63. The molecule has 0 radical (unpaired) electrons. The number of aromatic nitrogens is 1. The van der Waals surface area contributed by atoms with Crippen LogP contribution in [0.4, 0.5) is 4.39 Å². The van der Waals surface area contributed by atoms with Gasteiger partial charge in [-0.1, -0.05) is 36.7 Å². The molecule has 0 aliphatic rings. The summed E-state index contributed by atoms with van der Waals surface area (Å²) in [6, 6.07) is 4.32. The standard InChI is InChI=1S/C15H18BrFN2S/c1-15(2,3)13-8-20-14(19-13)7-12(18)10-6-9(17)4-5-11(10)16/h4-6,8,12H,7,18H2,1-3H3. The van der Waals surface area contributed by atoms with E-state index in [1.54, 1.807) is 17.4 Å². The van der Waals surface area contributed by atoms with Gasteiger partial charge in [0, 0.05) is 27.7 Å². The number of thiazole rings is 1. The zero-order chi connectivity index (χ0) is 14.9. The van der Waals surface area contributed by atoms with Crippen LogP contribution in [-0.4, -0.2) is 4.98 Å². The van der Waals surface area contributed by atoms with E-state index >= 15 is 0 Å². The molecule has 2 N–H and O–H groups in total. The topological polar surface area (TPSA) is 38.9 Å². The second-order valence-corrected chi connectivity index (χ2v) is 7.65. The molecule has 0 bridgehead atoms. The third-order valence-electron chi connectivity index (χ3n) is 3.07. The minimum Gasteiger partial charge on any atom is -0.324 e. The Hall–Kier alpha value is -0.780. The lowest BCUT2D eigenvalue weighted by Gasteiger charge is -2.15. The van der Waals surface area contributed by atoms with Crippen LogP contribution in [-0.2, 0) is 11.8 Å². The van der Waals surface area contributed by atoms with Gasteiger partial charge < -0.3 is 5.73 Å². The minimum absolute atomic E-state index is 0.0400. The molecular formula is C15H18BrFN2S. The third-order valence-corrected chi connectivity index (χ3v) is 4.67. The van der Waals surface area contributed by atoms with Crippen molar-refractivity contribution in [2.24, 2.45) is 5.73 Å². The molecule has 1 unspecified atom stereocenters. The van der Waals surface area contributed by atoms with Gasteiger partial charge in [0.05, 0.1) is 10.7 Å². The third kappa shape index (κ3) is 3.65. The lowest BCUT2D eigenvalue weighted by Crippen LogP contribution is -2.15. The van der Waals surface area contributed by atoms with Crippen molar-refractivity contribution in [1.29, 1.82) is 0 Å². The van der Waals surface area contributed by atoms with Gasteiger partial charge in [0.2, 0.25) is 0 Å². The van der Waals surface area contributed by atoms with Crippen LogP contribution >= 0.6 is 27.3 Å². The van der Waals surface area contributed by atoms with Crippen molar-refractivity contribution >= 4 is 27.3 Å².